The van der Waals surface area contributed by atoms with E-state index in [1.165, 1.54) is 13.2 Å². The molecule has 27 heavy (non-hydrogen) atoms. The number of fused-ring (bicyclic) bond motifs is 1. The number of ketones is 1. The molecule has 0 aliphatic heterocycles. The highest BCUT2D eigenvalue weighted by Crippen LogP contribution is 2.23. The highest BCUT2D eigenvalue weighted by Gasteiger charge is 2.18. The molecule has 2 rings (SSSR count). The number of hydrogen-bond donors (Lipinski definition) is 0. The number of esters is 1. The predicted octanol–water partition coefficient (Wildman–Crippen LogP) is 3.95. The maximum Gasteiger partial charge on any atom is 0.347 e. The molecule has 0 bridgehead atoms. The molecule has 0 spiro atoms. The number of unbranched alkanes of at least 4 members (excludes halogenated alkanes) is 2. The molecule has 0 saturated heterocycles. The second-order valence-electron chi connectivity index (χ2n) is 6.54. The van der Waals surface area contributed by atoms with Crippen molar-refractivity contribution in [3.05, 3.63) is 40.2 Å². The summed E-state index contributed by atoms with van der Waals surface area (Å²) in [7, 11) is 1.20. The first-order valence-corrected chi connectivity index (χ1v) is 9.43. The summed E-state index contributed by atoms with van der Waals surface area (Å²) in [5, 5.41) is 0.650. The van der Waals surface area contributed by atoms with E-state index < -0.39 is 23.8 Å². The van der Waals surface area contributed by atoms with E-state index in [0.29, 0.717) is 11.0 Å². The average Bonchev–Trinajstić information content (AvgIpc) is 2.66. The Hall–Kier alpha value is -2.63. The number of methoxy groups -OCH3 is 1. The van der Waals surface area contributed by atoms with Crippen LogP contribution in [0, 0.1) is 0 Å². The summed E-state index contributed by atoms with van der Waals surface area (Å²) < 4.78 is 9.85. The summed E-state index contributed by atoms with van der Waals surface area (Å²) in [4.78, 5) is 37.9. The lowest BCUT2D eigenvalue weighted by molar-refractivity contribution is -0.139. The molecule has 146 valence electrons. The summed E-state index contributed by atoms with van der Waals surface area (Å²) >= 11 is 0. The third-order valence-corrected chi connectivity index (χ3v) is 4.48. The third kappa shape index (κ3) is 5.42. The second-order valence-corrected chi connectivity index (χ2v) is 6.54. The van der Waals surface area contributed by atoms with E-state index >= 15 is 0 Å². The van der Waals surface area contributed by atoms with Gasteiger partial charge < -0.3 is 14.1 Å². The highest BCUT2D eigenvalue weighted by atomic mass is 16.5. The fraction of sp³-hybridized carbons (Fsp3) is 0.476. The average molecular weight is 373 g/mol. The molecule has 6 heteroatoms. The van der Waals surface area contributed by atoms with Gasteiger partial charge in [0.2, 0.25) is 0 Å². The Kier molecular flexibility index (Phi) is 7.58. The first kappa shape index (κ1) is 20.7. The van der Waals surface area contributed by atoms with Crippen LogP contribution in [0.1, 0.15) is 56.3 Å². The van der Waals surface area contributed by atoms with Crippen molar-refractivity contribution >= 4 is 28.4 Å². The Morgan fingerprint density at radius 3 is 2.33 bits per heavy atom. The fourth-order valence-corrected chi connectivity index (χ4v) is 2.86. The standard InChI is InChI=1S/C21H27NO5/c1-4-6-10-22(11-7-5-2)16-9-8-15-12-17(18(23)14-20(24)26-3)21(25)27-19(15)13-16/h8-9,12-13H,4-7,10-11,14H2,1-3H3. The van der Waals surface area contributed by atoms with Gasteiger partial charge in [0.15, 0.2) is 5.78 Å². The quantitative estimate of drug-likeness (QED) is 0.272. The van der Waals surface area contributed by atoms with Gasteiger partial charge in [0.25, 0.3) is 0 Å². The molecule has 0 aliphatic rings. The lowest BCUT2D eigenvalue weighted by Gasteiger charge is -2.24. The van der Waals surface area contributed by atoms with Gasteiger partial charge in [-0.15, -0.1) is 0 Å². The smallest absolute Gasteiger partial charge is 0.347 e. The fourth-order valence-electron chi connectivity index (χ4n) is 2.86. The van der Waals surface area contributed by atoms with Crippen molar-refractivity contribution in [2.75, 3.05) is 25.1 Å². The first-order valence-electron chi connectivity index (χ1n) is 9.43. The summed E-state index contributed by atoms with van der Waals surface area (Å²) in [6.45, 7) is 6.21. The lowest BCUT2D eigenvalue weighted by Crippen LogP contribution is -2.25. The lowest BCUT2D eigenvalue weighted by atomic mass is 10.1. The number of ether oxygens (including phenoxy) is 1. The van der Waals surface area contributed by atoms with E-state index in [2.05, 4.69) is 23.5 Å². The van der Waals surface area contributed by atoms with Gasteiger partial charge in [-0.1, -0.05) is 26.7 Å². The molecule has 1 heterocycles. The predicted molar refractivity (Wildman–Crippen MR) is 105 cm³/mol. The van der Waals surface area contributed by atoms with Gasteiger partial charge in [-0.05, 0) is 31.0 Å². The summed E-state index contributed by atoms with van der Waals surface area (Å²) in [6, 6.07) is 7.14. The number of carbonyl (C=O) groups excluding carboxylic acids is 2. The molecule has 1 aromatic heterocycles. The molecule has 0 atom stereocenters. The zero-order chi connectivity index (χ0) is 19.8. The molecule has 1 aromatic carbocycles. The van der Waals surface area contributed by atoms with Gasteiger partial charge in [0.05, 0.1) is 7.11 Å². The molecule has 0 saturated carbocycles. The van der Waals surface area contributed by atoms with Crippen LogP contribution in [-0.4, -0.2) is 32.0 Å². The minimum atomic E-state index is -0.734. The minimum absolute atomic E-state index is 0.130. The maximum atomic E-state index is 12.2. The molecule has 2 aromatic rings. The minimum Gasteiger partial charge on any atom is -0.469 e. The Balaban J connectivity index is 2.34. The van der Waals surface area contributed by atoms with Crippen LogP contribution >= 0.6 is 0 Å². The van der Waals surface area contributed by atoms with Gasteiger partial charge in [0, 0.05) is 30.2 Å². The van der Waals surface area contributed by atoms with Crippen LogP contribution in [0.15, 0.2) is 33.5 Å². The van der Waals surface area contributed by atoms with E-state index in [9.17, 15) is 14.4 Å². The van der Waals surface area contributed by atoms with Crippen molar-refractivity contribution in [1.29, 1.82) is 0 Å². The molecule has 0 amide bonds. The largest absolute Gasteiger partial charge is 0.469 e. The number of nitrogens with zero attached hydrogens (tertiary/aromatic N) is 1. The van der Waals surface area contributed by atoms with Crippen LogP contribution in [0.2, 0.25) is 0 Å². The highest BCUT2D eigenvalue weighted by molar-refractivity contribution is 6.06. The molecule has 0 N–H and O–H groups in total. The van der Waals surface area contributed by atoms with Crippen molar-refractivity contribution in [1.82, 2.24) is 0 Å². The topological polar surface area (TPSA) is 76.8 Å². The zero-order valence-corrected chi connectivity index (χ0v) is 16.2. The van der Waals surface area contributed by atoms with E-state index in [4.69, 9.17) is 4.42 Å². The molecule has 0 unspecified atom stereocenters. The first-order chi connectivity index (χ1) is 13.0. The van der Waals surface area contributed by atoms with Crippen LogP contribution < -0.4 is 10.5 Å². The number of carbonyl (C=O) groups is 2. The Labute approximate surface area is 159 Å². The molecule has 0 radical (unpaired) electrons. The van der Waals surface area contributed by atoms with E-state index in [-0.39, 0.29) is 5.56 Å². The molecular formula is C21H27NO5. The molecule has 0 fully saturated rings. The van der Waals surface area contributed by atoms with Gasteiger partial charge in [-0.2, -0.15) is 0 Å². The van der Waals surface area contributed by atoms with E-state index in [1.807, 2.05) is 18.2 Å². The van der Waals surface area contributed by atoms with Crippen LogP contribution in [0.3, 0.4) is 0 Å². The molecule has 0 aliphatic carbocycles. The van der Waals surface area contributed by atoms with Gasteiger partial charge in [-0.25, -0.2) is 4.79 Å². The second kappa shape index (κ2) is 9.90. The Morgan fingerprint density at radius 2 is 1.74 bits per heavy atom. The van der Waals surface area contributed by atoms with Crippen LogP contribution in [0.25, 0.3) is 11.0 Å². The third-order valence-electron chi connectivity index (χ3n) is 4.48. The SMILES string of the molecule is CCCCN(CCCC)c1ccc2cc(C(=O)CC(=O)OC)c(=O)oc2c1. The monoisotopic (exact) mass is 373 g/mol. The molecule has 6 nitrogen and oxygen atoms in total. The normalized spacial score (nSPS) is 10.8. The summed E-state index contributed by atoms with van der Waals surface area (Å²) in [6.07, 6.45) is 3.92. The number of rotatable bonds is 10. The summed E-state index contributed by atoms with van der Waals surface area (Å²) in [5.41, 5.74) is 0.572. The van der Waals surface area contributed by atoms with Crippen molar-refractivity contribution < 1.29 is 18.7 Å². The summed E-state index contributed by atoms with van der Waals surface area (Å²) in [5.74, 6) is -1.29. The van der Waals surface area contributed by atoms with E-state index in [0.717, 1.165) is 44.5 Å². The van der Waals surface area contributed by atoms with Gasteiger partial charge in [0.1, 0.15) is 17.6 Å². The number of benzene rings is 1. The van der Waals surface area contributed by atoms with Crippen LogP contribution in [0.5, 0.6) is 0 Å². The zero-order valence-electron chi connectivity index (χ0n) is 16.2. The number of hydrogen-bond acceptors (Lipinski definition) is 6. The van der Waals surface area contributed by atoms with E-state index in [1.54, 1.807) is 0 Å². The molecular weight excluding hydrogens is 346 g/mol. The van der Waals surface area contributed by atoms with Crippen molar-refractivity contribution in [2.24, 2.45) is 0 Å². The Bertz CT molecular complexity index is 847. The van der Waals surface area contributed by atoms with Gasteiger partial charge in [-0.3, -0.25) is 9.59 Å². The van der Waals surface area contributed by atoms with Crippen LogP contribution in [0.4, 0.5) is 5.69 Å². The van der Waals surface area contributed by atoms with Crippen molar-refractivity contribution in [3.63, 3.8) is 0 Å². The van der Waals surface area contributed by atoms with Crippen molar-refractivity contribution in [3.8, 4) is 0 Å². The van der Waals surface area contributed by atoms with Crippen LogP contribution in [-0.2, 0) is 9.53 Å². The Morgan fingerprint density at radius 1 is 1.07 bits per heavy atom. The number of Topliss-reactive ketones (excluding diaryl/α,β-unsaturated/α-hetero) is 1. The van der Waals surface area contributed by atoms with Gasteiger partial charge >= 0.3 is 11.6 Å². The maximum absolute atomic E-state index is 12.2. The number of anilines is 1. The van der Waals surface area contributed by atoms with Crippen molar-refractivity contribution in [2.45, 2.75) is 46.0 Å².